The number of aliphatic hydroxyl groups is 1. The van der Waals surface area contributed by atoms with E-state index in [4.69, 9.17) is 6.42 Å². The largest absolute Gasteiger partial charge is 0.396 e. The molecule has 0 aliphatic heterocycles. The maximum absolute atomic E-state index is 10.5. The third kappa shape index (κ3) is 3.50. The number of nitrogens with zero attached hydrogens (tertiary/aromatic N) is 3. The van der Waals surface area contributed by atoms with Crippen LogP contribution in [-0.2, 0) is 19.4 Å². The number of nitrogens with one attached hydrogen (secondary N) is 1. The van der Waals surface area contributed by atoms with Gasteiger partial charge in [-0.05, 0) is 97.7 Å². The van der Waals surface area contributed by atoms with E-state index in [9.17, 15) is 5.11 Å². The summed E-state index contributed by atoms with van der Waals surface area (Å²) >= 11 is 0. The Bertz CT molecular complexity index is 1150. The highest BCUT2D eigenvalue weighted by Crippen LogP contribution is 2.63. The van der Waals surface area contributed by atoms with E-state index in [2.05, 4.69) is 53.0 Å². The number of aliphatic hydroxyl groups excluding tert-OH is 1. The van der Waals surface area contributed by atoms with Crippen molar-refractivity contribution >= 4 is 6.08 Å². The molecular weight excluding hydrogens is 420 g/mol. The molecule has 2 N–H and O–H groups in total. The van der Waals surface area contributed by atoms with Crippen LogP contribution in [0, 0.1) is 53.8 Å². The number of hydrogen-bond acceptors (Lipinski definition) is 3. The zero-order valence-corrected chi connectivity index (χ0v) is 20.8. The molecule has 0 spiro atoms. The van der Waals surface area contributed by atoms with Gasteiger partial charge in [0.25, 0.3) is 0 Å². The van der Waals surface area contributed by atoms with Crippen molar-refractivity contribution in [1.29, 1.82) is 0 Å². The van der Waals surface area contributed by atoms with Crippen molar-refractivity contribution in [2.45, 2.75) is 65.8 Å². The van der Waals surface area contributed by atoms with Crippen LogP contribution in [0.3, 0.4) is 0 Å². The molecule has 0 unspecified atom stereocenters. The zero-order valence-electron chi connectivity index (χ0n) is 20.8. The summed E-state index contributed by atoms with van der Waals surface area (Å²) in [5, 5.41) is 18.0. The molecule has 3 aliphatic rings. The van der Waals surface area contributed by atoms with Crippen molar-refractivity contribution < 1.29 is 5.11 Å². The summed E-state index contributed by atoms with van der Waals surface area (Å²) in [6.07, 6.45) is 19.8. The van der Waals surface area contributed by atoms with Crippen LogP contribution in [0.1, 0.15) is 62.2 Å². The van der Waals surface area contributed by atoms with Gasteiger partial charge in [0.1, 0.15) is 0 Å². The van der Waals surface area contributed by atoms with Crippen LogP contribution in [0.2, 0.25) is 0 Å². The van der Waals surface area contributed by atoms with Gasteiger partial charge in [0.2, 0.25) is 0 Å². The van der Waals surface area contributed by atoms with Crippen molar-refractivity contribution in [2.75, 3.05) is 6.61 Å². The summed E-state index contributed by atoms with van der Waals surface area (Å²) in [5.74, 6) is 4.44. The summed E-state index contributed by atoms with van der Waals surface area (Å²) in [4.78, 5) is 4.63. The van der Waals surface area contributed by atoms with Gasteiger partial charge in [0.05, 0.1) is 23.9 Å². The summed E-state index contributed by atoms with van der Waals surface area (Å²) in [7, 11) is 0. The topological polar surface area (TPSA) is 66.7 Å². The van der Waals surface area contributed by atoms with Gasteiger partial charge < -0.3 is 9.67 Å². The average Bonchev–Trinajstić information content (AvgIpc) is 3.49. The number of hydrogen-bond donors (Lipinski definition) is 2. The lowest BCUT2D eigenvalue weighted by Crippen LogP contribution is -2.52. The Morgan fingerprint density at radius 3 is 2.94 bits per heavy atom. The normalized spacial score (nSPS) is 35.3. The fourth-order valence-electron chi connectivity index (χ4n) is 7.88. The Kier molecular flexibility index (Phi) is 5.84. The Morgan fingerprint density at radius 2 is 2.18 bits per heavy atom. The lowest BCUT2D eigenvalue weighted by atomic mass is 9.49. The van der Waals surface area contributed by atoms with Gasteiger partial charge >= 0.3 is 0 Å². The van der Waals surface area contributed by atoms with Crippen LogP contribution in [0.15, 0.2) is 30.8 Å². The number of H-pyrrole nitrogens is 1. The Labute approximate surface area is 203 Å². The first-order valence-electron chi connectivity index (χ1n) is 12.8. The Hall–Kier alpha value is -2.58. The predicted octanol–water partition coefficient (Wildman–Crippen LogP) is 4.97. The minimum Gasteiger partial charge on any atom is -0.396 e. The number of allylic oxidation sites excluding steroid dienone is 2. The Balaban J connectivity index is 1.56. The molecule has 2 aromatic heterocycles. The van der Waals surface area contributed by atoms with E-state index in [-0.39, 0.29) is 23.4 Å². The quantitative estimate of drug-likeness (QED) is 0.491. The minimum absolute atomic E-state index is 0.0198. The fraction of sp³-hybridized carbons (Fsp3) is 0.586. The average molecular weight is 459 g/mol. The maximum atomic E-state index is 10.5. The van der Waals surface area contributed by atoms with Crippen LogP contribution >= 0.6 is 0 Å². The number of aromatic nitrogens is 4. The van der Waals surface area contributed by atoms with Crippen LogP contribution < -0.4 is 0 Å². The van der Waals surface area contributed by atoms with Gasteiger partial charge in [-0.2, -0.15) is 5.10 Å². The molecule has 2 heterocycles. The van der Waals surface area contributed by atoms with Gasteiger partial charge in [0, 0.05) is 18.8 Å². The molecule has 3 aliphatic carbocycles. The molecule has 6 atom stereocenters. The Morgan fingerprint density at radius 1 is 1.35 bits per heavy atom. The number of aromatic amines is 1. The van der Waals surface area contributed by atoms with E-state index in [1.54, 1.807) is 6.08 Å². The van der Waals surface area contributed by atoms with Gasteiger partial charge in [-0.3, -0.25) is 5.10 Å². The standard InChI is InChI=1S/C29H38N4O/c1-6-7-8-27-20(3)30-18-33(27)16-23-24-10-9-19(2)28(24,4)12-11-25(23)29(5)14-21-15-31-32-26(21)13-22(29)17-34/h1,7-8,15,18,22-25,34H,2,9-14,16-17H2,3-5H3,(H,31,32)/b8-7-/t22-,23+,24+,25+,28-,29+/m1/s1. The molecule has 180 valence electrons. The molecule has 0 amide bonds. The molecule has 2 aromatic rings. The maximum Gasteiger partial charge on any atom is 0.0954 e. The smallest absolute Gasteiger partial charge is 0.0954 e. The van der Waals surface area contributed by atoms with Crippen molar-refractivity contribution in [1.82, 2.24) is 19.7 Å². The van der Waals surface area contributed by atoms with Crippen LogP contribution in [0.5, 0.6) is 0 Å². The summed E-state index contributed by atoms with van der Waals surface area (Å²) < 4.78 is 2.32. The first kappa shape index (κ1) is 23.2. The molecule has 2 saturated carbocycles. The van der Waals surface area contributed by atoms with Crippen molar-refractivity contribution in [3.63, 3.8) is 0 Å². The minimum atomic E-state index is 0.0198. The summed E-state index contributed by atoms with van der Waals surface area (Å²) in [6.45, 7) is 12.6. The number of terminal acetylenes is 1. The third-order valence-electron chi connectivity index (χ3n) is 10.0. The van der Waals surface area contributed by atoms with E-state index < -0.39 is 0 Å². The highest BCUT2D eigenvalue weighted by molar-refractivity contribution is 5.51. The SMILES string of the molecule is C#C/C=C\c1c(C)ncn1C[C@@H]1[C@@H]([C@@]2(C)Cc3cn[nH]c3C[C@@H]2CO)CC[C@]2(C)C(=C)CC[C@@H]12. The second-order valence-corrected chi connectivity index (χ2v) is 11.5. The molecule has 34 heavy (non-hydrogen) atoms. The lowest BCUT2D eigenvalue weighted by molar-refractivity contribution is -0.0625. The third-order valence-corrected chi connectivity index (χ3v) is 10.0. The molecule has 0 saturated heterocycles. The number of imidazole rings is 1. The monoisotopic (exact) mass is 458 g/mol. The second-order valence-electron chi connectivity index (χ2n) is 11.5. The first-order valence-corrected chi connectivity index (χ1v) is 12.8. The van der Waals surface area contributed by atoms with Crippen molar-refractivity contribution in [3.8, 4) is 12.3 Å². The zero-order chi connectivity index (χ0) is 24.1. The molecule has 5 rings (SSSR count). The molecule has 5 heteroatoms. The number of fused-ring (bicyclic) bond motifs is 2. The van der Waals surface area contributed by atoms with Crippen molar-refractivity contribution in [3.05, 3.63) is 53.4 Å². The predicted molar refractivity (Wildman–Crippen MR) is 136 cm³/mol. The fourth-order valence-corrected chi connectivity index (χ4v) is 7.88. The van der Waals surface area contributed by atoms with Crippen LogP contribution in [0.4, 0.5) is 0 Å². The van der Waals surface area contributed by atoms with Gasteiger partial charge in [-0.25, -0.2) is 4.98 Å². The number of rotatable bonds is 5. The van der Waals surface area contributed by atoms with E-state index in [0.717, 1.165) is 37.2 Å². The van der Waals surface area contributed by atoms with E-state index >= 15 is 0 Å². The van der Waals surface area contributed by atoms with E-state index in [1.165, 1.54) is 36.1 Å². The highest BCUT2D eigenvalue weighted by Gasteiger charge is 2.56. The molecule has 2 fully saturated rings. The second kappa shape index (κ2) is 8.57. The molecule has 0 radical (unpaired) electrons. The molecule has 0 bridgehead atoms. The van der Waals surface area contributed by atoms with Gasteiger partial charge in [-0.15, -0.1) is 6.42 Å². The van der Waals surface area contributed by atoms with Crippen molar-refractivity contribution in [2.24, 2.45) is 34.5 Å². The summed E-state index contributed by atoms with van der Waals surface area (Å²) in [5.41, 5.74) is 6.29. The van der Waals surface area contributed by atoms with Gasteiger partial charge in [0.15, 0.2) is 0 Å². The highest BCUT2D eigenvalue weighted by atomic mass is 16.3. The molecular formula is C29H38N4O. The molecule has 0 aromatic carbocycles. The lowest BCUT2D eigenvalue weighted by Gasteiger charge is -2.56. The van der Waals surface area contributed by atoms with E-state index in [1.807, 2.05) is 18.6 Å². The first-order chi connectivity index (χ1) is 16.3. The van der Waals surface area contributed by atoms with E-state index in [0.29, 0.717) is 17.8 Å². The van der Waals surface area contributed by atoms with Crippen LogP contribution in [-0.4, -0.2) is 31.5 Å². The molecule has 5 nitrogen and oxygen atoms in total. The number of aryl methyl sites for hydroxylation is 1. The van der Waals surface area contributed by atoms with Gasteiger partial charge in [-0.1, -0.05) is 31.9 Å². The summed E-state index contributed by atoms with van der Waals surface area (Å²) in [6, 6.07) is 0. The van der Waals surface area contributed by atoms with Crippen LogP contribution in [0.25, 0.3) is 6.08 Å².